The zero-order valence-corrected chi connectivity index (χ0v) is 17.6. The Bertz CT molecular complexity index is 617. The predicted octanol–water partition coefficient (Wildman–Crippen LogP) is 7.69. The van der Waals surface area contributed by atoms with Crippen molar-refractivity contribution in [2.24, 2.45) is 9.98 Å². The SMILES string of the molecule is CCCCCC(=Nc1ccccc1)C(CCCCC)=Nc1ccccc1.[Ni]. The van der Waals surface area contributed by atoms with Gasteiger partial charge in [-0.3, -0.25) is 9.98 Å². The molecule has 0 unspecified atom stereocenters. The maximum Gasteiger partial charge on any atom is 0.0633 e. The van der Waals surface area contributed by atoms with E-state index in [9.17, 15) is 0 Å². The Balaban J connectivity index is 0.00000364. The van der Waals surface area contributed by atoms with Gasteiger partial charge in [-0.1, -0.05) is 75.9 Å². The first-order valence-electron chi connectivity index (χ1n) is 10.1. The van der Waals surface area contributed by atoms with Gasteiger partial charge in [0.25, 0.3) is 0 Å². The molecule has 0 aromatic heterocycles. The molecule has 0 bridgehead atoms. The van der Waals surface area contributed by atoms with E-state index in [1.54, 1.807) is 0 Å². The Labute approximate surface area is 175 Å². The number of nitrogens with zero attached hydrogens (tertiary/aromatic N) is 2. The Morgan fingerprint density at radius 3 is 1.30 bits per heavy atom. The number of hydrogen-bond donors (Lipinski definition) is 0. The Hall–Kier alpha value is -1.73. The summed E-state index contributed by atoms with van der Waals surface area (Å²) in [5, 5.41) is 0. The van der Waals surface area contributed by atoms with Crippen LogP contribution in [0.1, 0.15) is 65.2 Å². The normalized spacial score (nSPS) is 11.9. The number of para-hydroxylation sites is 2. The van der Waals surface area contributed by atoms with Crippen LogP contribution in [0, 0.1) is 0 Å². The summed E-state index contributed by atoms with van der Waals surface area (Å²) in [5.74, 6) is 0. The minimum Gasteiger partial charge on any atom is -0.252 e. The largest absolute Gasteiger partial charge is 0.252 e. The molecule has 0 aliphatic heterocycles. The zero-order valence-electron chi connectivity index (χ0n) is 16.6. The molecule has 0 atom stereocenters. The van der Waals surface area contributed by atoms with E-state index in [1.165, 1.54) is 38.5 Å². The number of rotatable bonds is 11. The van der Waals surface area contributed by atoms with E-state index in [2.05, 4.69) is 38.1 Å². The first-order valence-corrected chi connectivity index (χ1v) is 10.1. The van der Waals surface area contributed by atoms with Crippen LogP contribution in [0.2, 0.25) is 0 Å². The third-order valence-corrected chi connectivity index (χ3v) is 4.41. The summed E-state index contributed by atoms with van der Waals surface area (Å²) >= 11 is 0. The third-order valence-electron chi connectivity index (χ3n) is 4.41. The fourth-order valence-electron chi connectivity index (χ4n) is 2.93. The minimum absolute atomic E-state index is 0. The van der Waals surface area contributed by atoms with Gasteiger partial charge in [0.15, 0.2) is 0 Å². The van der Waals surface area contributed by atoms with Crippen LogP contribution < -0.4 is 0 Å². The van der Waals surface area contributed by atoms with Crippen molar-refractivity contribution in [3.63, 3.8) is 0 Å². The van der Waals surface area contributed by atoms with Crippen molar-refractivity contribution in [3.05, 3.63) is 60.7 Å². The van der Waals surface area contributed by atoms with Gasteiger partial charge < -0.3 is 0 Å². The van der Waals surface area contributed by atoms with Gasteiger partial charge in [-0.15, -0.1) is 0 Å². The fourth-order valence-corrected chi connectivity index (χ4v) is 2.93. The Morgan fingerprint density at radius 2 is 0.963 bits per heavy atom. The summed E-state index contributed by atoms with van der Waals surface area (Å²) < 4.78 is 0. The quantitative estimate of drug-likeness (QED) is 0.207. The maximum atomic E-state index is 4.99. The summed E-state index contributed by atoms with van der Waals surface area (Å²) in [6, 6.07) is 20.6. The van der Waals surface area contributed by atoms with E-state index < -0.39 is 0 Å². The van der Waals surface area contributed by atoms with E-state index in [0.717, 1.165) is 35.6 Å². The monoisotopic (exact) mass is 406 g/mol. The molecule has 0 amide bonds. The number of hydrogen-bond acceptors (Lipinski definition) is 2. The van der Waals surface area contributed by atoms with Crippen molar-refractivity contribution in [1.29, 1.82) is 0 Å². The van der Waals surface area contributed by atoms with Gasteiger partial charge in [0.2, 0.25) is 0 Å². The second-order valence-corrected chi connectivity index (χ2v) is 6.70. The van der Waals surface area contributed by atoms with Crippen molar-refractivity contribution in [2.45, 2.75) is 65.2 Å². The summed E-state index contributed by atoms with van der Waals surface area (Å²) in [7, 11) is 0. The van der Waals surface area contributed by atoms with E-state index in [-0.39, 0.29) is 16.5 Å². The number of benzene rings is 2. The second kappa shape index (κ2) is 14.3. The van der Waals surface area contributed by atoms with Gasteiger partial charge in [-0.05, 0) is 49.9 Å². The first kappa shape index (κ1) is 23.3. The van der Waals surface area contributed by atoms with E-state index in [0.29, 0.717) is 0 Å². The molecular weight excluding hydrogens is 375 g/mol. The molecule has 0 fully saturated rings. The summed E-state index contributed by atoms with van der Waals surface area (Å²) in [5.41, 5.74) is 4.36. The van der Waals surface area contributed by atoms with Gasteiger partial charge >= 0.3 is 0 Å². The Morgan fingerprint density at radius 1 is 0.593 bits per heavy atom. The van der Waals surface area contributed by atoms with Crippen LogP contribution in [-0.4, -0.2) is 11.4 Å². The molecule has 2 nitrogen and oxygen atoms in total. The molecule has 0 N–H and O–H groups in total. The minimum atomic E-state index is 0. The van der Waals surface area contributed by atoms with Gasteiger partial charge in [0.05, 0.1) is 22.8 Å². The average Bonchev–Trinajstić information content (AvgIpc) is 2.68. The Kier molecular flexibility index (Phi) is 12.4. The van der Waals surface area contributed by atoms with Crippen molar-refractivity contribution in [2.75, 3.05) is 0 Å². The zero-order chi connectivity index (χ0) is 18.5. The van der Waals surface area contributed by atoms with Crippen LogP contribution in [0.15, 0.2) is 70.6 Å². The topological polar surface area (TPSA) is 24.7 Å². The van der Waals surface area contributed by atoms with Gasteiger partial charge in [0.1, 0.15) is 0 Å². The van der Waals surface area contributed by atoms with Crippen LogP contribution >= 0.6 is 0 Å². The van der Waals surface area contributed by atoms with E-state index in [1.807, 2.05) is 36.4 Å². The van der Waals surface area contributed by atoms with Crippen molar-refractivity contribution in [1.82, 2.24) is 0 Å². The standard InChI is InChI=1S/C24H32N2.Ni/c1-3-5-9-19-23(25-21-15-11-7-12-16-21)24(20-10-6-4-2)26-22-17-13-8-14-18-22;/h7-8,11-18H,3-6,9-10,19-20H2,1-2H3;. The van der Waals surface area contributed by atoms with Crippen LogP contribution in [0.25, 0.3) is 0 Å². The number of unbranched alkanes of at least 4 members (excludes halogenated alkanes) is 4. The molecule has 2 aromatic carbocycles. The van der Waals surface area contributed by atoms with Crippen LogP contribution in [0.5, 0.6) is 0 Å². The van der Waals surface area contributed by atoms with Crippen LogP contribution in [0.4, 0.5) is 11.4 Å². The van der Waals surface area contributed by atoms with Crippen molar-refractivity contribution < 1.29 is 16.5 Å². The van der Waals surface area contributed by atoms with Crippen molar-refractivity contribution in [3.8, 4) is 0 Å². The second-order valence-electron chi connectivity index (χ2n) is 6.70. The molecule has 0 spiro atoms. The van der Waals surface area contributed by atoms with E-state index >= 15 is 0 Å². The molecule has 0 heterocycles. The first-order chi connectivity index (χ1) is 12.8. The molecule has 0 saturated carbocycles. The molecule has 0 aliphatic rings. The molecule has 148 valence electrons. The summed E-state index contributed by atoms with van der Waals surface area (Å²) in [6.45, 7) is 4.49. The van der Waals surface area contributed by atoms with Gasteiger partial charge in [-0.25, -0.2) is 0 Å². The molecule has 3 heteroatoms. The summed E-state index contributed by atoms with van der Waals surface area (Å²) in [4.78, 5) is 9.98. The molecule has 2 aromatic rings. The molecule has 0 saturated heterocycles. The molecule has 27 heavy (non-hydrogen) atoms. The molecule has 0 aliphatic carbocycles. The molecule has 2 rings (SSSR count). The fraction of sp³-hybridized carbons (Fsp3) is 0.417. The third kappa shape index (κ3) is 9.15. The van der Waals surface area contributed by atoms with Crippen molar-refractivity contribution >= 4 is 22.8 Å². The van der Waals surface area contributed by atoms with Crippen LogP contribution in [-0.2, 0) is 16.5 Å². The summed E-state index contributed by atoms with van der Waals surface area (Å²) in [6.07, 6.45) is 9.26. The average molecular weight is 407 g/mol. The predicted molar refractivity (Wildman–Crippen MR) is 115 cm³/mol. The van der Waals surface area contributed by atoms with Gasteiger partial charge in [-0.2, -0.15) is 0 Å². The molecular formula is C24H32N2Ni. The number of aliphatic imine (C=N–C) groups is 2. The van der Waals surface area contributed by atoms with Gasteiger partial charge in [0, 0.05) is 16.5 Å². The van der Waals surface area contributed by atoms with E-state index in [4.69, 9.17) is 9.98 Å². The molecule has 0 radical (unpaired) electrons. The maximum absolute atomic E-state index is 4.99. The smallest absolute Gasteiger partial charge is 0.0633 e. The van der Waals surface area contributed by atoms with Crippen LogP contribution in [0.3, 0.4) is 0 Å².